The molecule has 0 aliphatic rings. The summed E-state index contributed by atoms with van der Waals surface area (Å²) in [5.41, 5.74) is 2.55. The summed E-state index contributed by atoms with van der Waals surface area (Å²) in [6, 6.07) is 15.5. The van der Waals surface area contributed by atoms with E-state index in [0.717, 1.165) is 11.3 Å². The Hall–Kier alpha value is -2.20. The van der Waals surface area contributed by atoms with Crippen LogP contribution in [-0.4, -0.2) is 20.0 Å². The van der Waals surface area contributed by atoms with E-state index >= 15 is 0 Å². The quantitative estimate of drug-likeness (QED) is 0.735. The summed E-state index contributed by atoms with van der Waals surface area (Å²) in [6.07, 6.45) is 1.75. The molecule has 0 aliphatic heterocycles. The Balaban J connectivity index is 1.92. The van der Waals surface area contributed by atoms with E-state index in [-0.39, 0.29) is 0 Å². The number of nitrogens with zero attached hydrogens (tertiary/aromatic N) is 4. The van der Waals surface area contributed by atoms with E-state index in [0.29, 0.717) is 17.4 Å². The molecule has 5 heteroatoms. The average molecular weight is 271 g/mol. The third-order valence-electron chi connectivity index (χ3n) is 2.76. The SMILES string of the molecule is Clc1c(-c2ccccc2)nnn1Cc1ccccn1. The first-order chi connectivity index (χ1) is 9.34. The number of rotatable bonds is 3. The van der Waals surface area contributed by atoms with Gasteiger partial charge in [-0.15, -0.1) is 5.10 Å². The van der Waals surface area contributed by atoms with E-state index in [1.807, 2.05) is 48.5 Å². The molecular weight excluding hydrogens is 260 g/mol. The molecule has 0 saturated heterocycles. The Labute approximate surface area is 115 Å². The minimum atomic E-state index is 0.513. The summed E-state index contributed by atoms with van der Waals surface area (Å²) in [5, 5.41) is 8.74. The molecule has 0 N–H and O–H groups in total. The maximum atomic E-state index is 6.32. The number of halogens is 1. The predicted molar refractivity (Wildman–Crippen MR) is 73.8 cm³/mol. The highest BCUT2D eigenvalue weighted by atomic mass is 35.5. The van der Waals surface area contributed by atoms with Crippen LogP contribution in [0.3, 0.4) is 0 Å². The standard InChI is InChI=1S/C14H11ClN4/c15-14-13(11-6-2-1-3-7-11)17-18-19(14)10-12-8-4-5-9-16-12/h1-9H,10H2. The van der Waals surface area contributed by atoms with Crippen LogP contribution in [0.2, 0.25) is 5.15 Å². The first-order valence-electron chi connectivity index (χ1n) is 5.89. The summed E-state index contributed by atoms with van der Waals surface area (Å²) in [4.78, 5) is 4.25. The van der Waals surface area contributed by atoms with Crippen molar-refractivity contribution in [2.75, 3.05) is 0 Å². The van der Waals surface area contributed by atoms with Gasteiger partial charge in [0, 0.05) is 11.8 Å². The normalized spacial score (nSPS) is 10.6. The molecule has 0 unspecified atom stereocenters. The van der Waals surface area contributed by atoms with Crippen LogP contribution in [0.25, 0.3) is 11.3 Å². The fraction of sp³-hybridized carbons (Fsp3) is 0.0714. The monoisotopic (exact) mass is 270 g/mol. The molecule has 19 heavy (non-hydrogen) atoms. The van der Waals surface area contributed by atoms with Crippen LogP contribution in [0.4, 0.5) is 0 Å². The molecule has 2 heterocycles. The second-order valence-corrected chi connectivity index (χ2v) is 4.43. The van der Waals surface area contributed by atoms with Crippen molar-refractivity contribution >= 4 is 11.6 Å². The van der Waals surface area contributed by atoms with Crippen LogP contribution in [0.1, 0.15) is 5.69 Å². The van der Waals surface area contributed by atoms with E-state index in [4.69, 9.17) is 11.6 Å². The Kier molecular flexibility index (Phi) is 3.25. The van der Waals surface area contributed by atoms with Crippen LogP contribution >= 0.6 is 11.6 Å². The van der Waals surface area contributed by atoms with Gasteiger partial charge >= 0.3 is 0 Å². The predicted octanol–water partition coefficient (Wildman–Crippen LogP) is 3.04. The van der Waals surface area contributed by atoms with Gasteiger partial charge in [0.2, 0.25) is 0 Å². The van der Waals surface area contributed by atoms with Crippen molar-refractivity contribution in [2.45, 2.75) is 6.54 Å². The molecule has 0 fully saturated rings. The molecule has 0 amide bonds. The first-order valence-corrected chi connectivity index (χ1v) is 6.27. The molecule has 0 spiro atoms. The largest absolute Gasteiger partial charge is 0.259 e. The topological polar surface area (TPSA) is 43.6 Å². The van der Waals surface area contributed by atoms with Crippen LogP contribution in [0.15, 0.2) is 54.7 Å². The maximum absolute atomic E-state index is 6.32. The Morgan fingerprint density at radius 2 is 1.79 bits per heavy atom. The van der Waals surface area contributed by atoms with Crippen molar-refractivity contribution in [3.8, 4) is 11.3 Å². The van der Waals surface area contributed by atoms with Crippen molar-refractivity contribution in [3.63, 3.8) is 0 Å². The van der Waals surface area contributed by atoms with Crippen molar-refractivity contribution < 1.29 is 0 Å². The second-order valence-electron chi connectivity index (χ2n) is 4.07. The Morgan fingerprint density at radius 1 is 1.00 bits per heavy atom. The van der Waals surface area contributed by atoms with Gasteiger partial charge in [0.1, 0.15) is 5.69 Å². The van der Waals surface area contributed by atoms with E-state index in [1.54, 1.807) is 10.9 Å². The highest BCUT2D eigenvalue weighted by Crippen LogP contribution is 2.25. The van der Waals surface area contributed by atoms with Crippen LogP contribution in [0.5, 0.6) is 0 Å². The molecule has 3 aromatic rings. The first kappa shape index (κ1) is 11.9. The average Bonchev–Trinajstić information content (AvgIpc) is 2.82. The lowest BCUT2D eigenvalue weighted by atomic mass is 10.2. The number of hydrogen-bond acceptors (Lipinski definition) is 3. The highest BCUT2D eigenvalue weighted by Gasteiger charge is 2.12. The number of pyridine rings is 1. The van der Waals surface area contributed by atoms with Crippen molar-refractivity contribution in [1.29, 1.82) is 0 Å². The fourth-order valence-corrected chi connectivity index (χ4v) is 2.06. The van der Waals surface area contributed by atoms with Gasteiger partial charge < -0.3 is 0 Å². The van der Waals surface area contributed by atoms with Gasteiger partial charge in [0.25, 0.3) is 0 Å². The summed E-state index contributed by atoms with van der Waals surface area (Å²) >= 11 is 6.32. The summed E-state index contributed by atoms with van der Waals surface area (Å²) < 4.78 is 1.65. The molecule has 0 bridgehead atoms. The molecule has 0 saturated carbocycles. The number of aromatic nitrogens is 4. The van der Waals surface area contributed by atoms with Gasteiger partial charge in [-0.05, 0) is 12.1 Å². The van der Waals surface area contributed by atoms with Crippen molar-refractivity contribution in [3.05, 3.63) is 65.6 Å². The molecule has 4 nitrogen and oxygen atoms in total. The smallest absolute Gasteiger partial charge is 0.155 e. The molecule has 0 radical (unpaired) electrons. The van der Waals surface area contributed by atoms with Gasteiger partial charge in [-0.2, -0.15) is 0 Å². The van der Waals surface area contributed by atoms with Gasteiger partial charge in [0.15, 0.2) is 5.15 Å². The number of benzene rings is 1. The minimum absolute atomic E-state index is 0.513. The third kappa shape index (κ3) is 2.48. The third-order valence-corrected chi connectivity index (χ3v) is 3.13. The van der Waals surface area contributed by atoms with E-state index in [9.17, 15) is 0 Å². The van der Waals surface area contributed by atoms with E-state index in [2.05, 4.69) is 15.3 Å². The lowest BCUT2D eigenvalue weighted by Gasteiger charge is -2.01. The zero-order valence-electron chi connectivity index (χ0n) is 10.1. The van der Waals surface area contributed by atoms with Crippen LogP contribution < -0.4 is 0 Å². The number of hydrogen-bond donors (Lipinski definition) is 0. The maximum Gasteiger partial charge on any atom is 0.155 e. The molecule has 2 aromatic heterocycles. The van der Waals surface area contributed by atoms with Gasteiger partial charge in [-0.1, -0.05) is 53.2 Å². The summed E-state index contributed by atoms with van der Waals surface area (Å²) in [6.45, 7) is 0.513. The zero-order chi connectivity index (χ0) is 13.1. The van der Waals surface area contributed by atoms with E-state index < -0.39 is 0 Å². The highest BCUT2D eigenvalue weighted by molar-refractivity contribution is 6.32. The van der Waals surface area contributed by atoms with Crippen LogP contribution in [0, 0.1) is 0 Å². The van der Waals surface area contributed by atoms with Crippen molar-refractivity contribution in [2.24, 2.45) is 0 Å². The summed E-state index contributed by atoms with van der Waals surface area (Å²) in [7, 11) is 0. The van der Waals surface area contributed by atoms with E-state index in [1.165, 1.54) is 0 Å². The fourth-order valence-electron chi connectivity index (χ4n) is 1.82. The molecular formula is C14H11ClN4. The van der Waals surface area contributed by atoms with Crippen LogP contribution in [-0.2, 0) is 6.54 Å². The van der Waals surface area contributed by atoms with Crippen molar-refractivity contribution in [1.82, 2.24) is 20.0 Å². The lowest BCUT2D eigenvalue weighted by Crippen LogP contribution is -2.03. The summed E-state index contributed by atoms with van der Waals surface area (Å²) in [5.74, 6) is 0. The molecule has 94 valence electrons. The second kappa shape index (κ2) is 5.20. The Bertz CT molecular complexity index is 664. The van der Waals surface area contributed by atoms with Gasteiger partial charge in [-0.3, -0.25) is 4.98 Å². The minimum Gasteiger partial charge on any atom is -0.259 e. The molecule has 3 rings (SSSR count). The zero-order valence-corrected chi connectivity index (χ0v) is 10.8. The molecule has 0 atom stereocenters. The van der Waals surface area contributed by atoms with Gasteiger partial charge in [0.05, 0.1) is 12.2 Å². The lowest BCUT2D eigenvalue weighted by molar-refractivity contribution is 0.639. The Morgan fingerprint density at radius 3 is 2.53 bits per heavy atom. The molecule has 0 aliphatic carbocycles. The van der Waals surface area contributed by atoms with Gasteiger partial charge in [-0.25, -0.2) is 4.68 Å². The molecule has 1 aromatic carbocycles.